The van der Waals surface area contributed by atoms with Crippen LogP contribution < -0.4 is 4.74 Å². The molecule has 19 heavy (non-hydrogen) atoms. The fraction of sp³-hybridized carbons (Fsp3) is 0. The van der Waals surface area contributed by atoms with E-state index in [-0.39, 0.29) is 17.4 Å². The molecule has 0 aliphatic heterocycles. The molecule has 3 aromatic rings. The highest BCUT2D eigenvalue weighted by atomic mass is 32.1. The highest BCUT2D eigenvalue weighted by molar-refractivity contribution is 7.15. The second-order valence-electron chi connectivity index (χ2n) is 3.61. The predicted molar refractivity (Wildman–Crippen MR) is 66.2 cm³/mol. The molecule has 2 aromatic heterocycles. The van der Waals surface area contributed by atoms with Crippen molar-refractivity contribution in [2.24, 2.45) is 0 Å². The molecule has 6 nitrogen and oxygen atoms in total. The number of nitrogens with zero attached hydrogens (tertiary/aromatic N) is 3. The maximum atomic E-state index is 12.8. The van der Waals surface area contributed by atoms with E-state index in [4.69, 9.17) is 4.74 Å². The second kappa shape index (κ2) is 4.32. The number of ether oxygens (including phenoxy) is 1. The van der Waals surface area contributed by atoms with Crippen LogP contribution in [0.15, 0.2) is 35.8 Å². The van der Waals surface area contributed by atoms with Crippen molar-refractivity contribution in [2.45, 2.75) is 0 Å². The number of hydrogen-bond acceptors (Lipinski definition) is 5. The maximum Gasteiger partial charge on any atom is 0.393 e. The maximum absolute atomic E-state index is 12.8. The van der Waals surface area contributed by atoms with Crippen molar-refractivity contribution in [1.29, 1.82) is 0 Å². The SMILES string of the molecule is O=[N+]([O-])c1c(Oc2ccc(F)cc2)nc2sccn12. The molecule has 8 heteroatoms. The Morgan fingerprint density at radius 1 is 1.37 bits per heavy atom. The average Bonchev–Trinajstić information content (AvgIpc) is 2.91. The lowest BCUT2D eigenvalue weighted by molar-refractivity contribution is -0.391. The summed E-state index contributed by atoms with van der Waals surface area (Å²) >= 11 is 1.26. The van der Waals surface area contributed by atoms with Crippen molar-refractivity contribution >= 4 is 22.1 Å². The topological polar surface area (TPSA) is 69.7 Å². The van der Waals surface area contributed by atoms with Crippen molar-refractivity contribution in [1.82, 2.24) is 9.38 Å². The van der Waals surface area contributed by atoms with Gasteiger partial charge in [0.2, 0.25) is 0 Å². The van der Waals surface area contributed by atoms with E-state index in [1.54, 1.807) is 11.6 Å². The summed E-state index contributed by atoms with van der Waals surface area (Å²) in [5, 5.41) is 12.7. The minimum Gasteiger partial charge on any atom is -0.433 e. The van der Waals surface area contributed by atoms with Gasteiger partial charge in [0.1, 0.15) is 17.8 Å². The van der Waals surface area contributed by atoms with Gasteiger partial charge in [-0.3, -0.25) is 0 Å². The first-order chi connectivity index (χ1) is 9.15. The number of thiazole rings is 1. The van der Waals surface area contributed by atoms with Crippen LogP contribution in [0.25, 0.3) is 4.96 Å². The van der Waals surface area contributed by atoms with Crippen molar-refractivity contribution < 1.29 is 14.1 Å². The van der Waals surface area contributed by atoms with Gasteiger partial charge in [-0.25, -0.2) is 4.39 Å². The van der Waals surface area contributed by atoms with Crippen molar-refractivity contribution in [2.75, 3.05) is 0 Å². The third-order valence-corrected chi connectivity index (χ3v) is 3.16. The zero-order valence-electron chi connectivity index (χ0n) is 9.32. The molecule has 0 aliphatic rings. The van der Waals surface area contributed by atoms with Crippen LogP contribution in [0.5, 0.6) is 11.6 Å². The first kappa shape index (κ1) is 11.6. The van der Waals surface area contributed by atoms with Gasteiger partial charge < -0.3 is 14.9 Å². The lowest BCUT2D eigenvalue weighted by atomic mass is 10.3. The van der Waals surface area contributed by atoms with Crippen LogP contribution in [0, 0.1) is 15.9 Å². The number of rotatable bonds is 3. The smallest absolute Gasteiger partial charge is 0.393 e. The van der Waals surface area contributed by atoms with Crippen LogP contribution >= 0.6 is 11.3 Å². The molecule has 2 heterocycles. The molecule has 3 rings (SSSR count). The molecule has 0 atom stereocenters. The molecule has 96 valence electrons. The Morgan fingerprint density at radius 2 is 2.11 bits per heavy atom. The Hall–Kier alpha value is -2.48. The summed E-state index contributed by atoms with van der Waals surface area (Å²) in [6.07, 6.45) is 1.54. The predicted octanol–water partition coefficient (Wildman–Crippen LogP) is 3.24. The van der Waals surface area contributed by atoms with Gasteiger partial charge in [-0.1, -0.05) is 11.3 Å². The van der Waals surface area contributed by atoms with Gasteiger partial charge in [0.15, 0.2) is 0 Å². The molecule has 1 aromatic carbocycles. The molecule has 0 N–H and O–H groups in total. The van der Waals surface area contributed by atoms with Gasteiger partial charge in [-0.2, -0.15) is 9.38 Å². The fourth-order valence-electron chi connectivity index (χ4n) is 1.60. The second-order valence-corrected chi connectivity index (χ2v) is 4.48. The lowest BCUT2D eigenvalue weighted by Gasteiger charge is -2.01. The van der Waals surface area contributed by atoms with E-state index in [1.165, 1.54) is 40.0 Å². The summed E-state index contributed by atoms with van der Waals surface area (Å²) in [5.41, 5.74) is 0. The average molecular weight is 279 g/mol. The molecular formula is C11H6FN3O3S. The van der Waals surface area contributed by atoms with E-state index >= 15 is 0 Å². The largest absolute Gasteiger partial charge is 0.433 e. The number of imidazole rings is 1. The van der Waals surface area contributed by atoms with E-state index in [2.05, 4.69) is 4.98 Å². The Bertz CT molecular complexity index is 750. The van der Waals surface area contributed by atoms with Crippen LogP contribution in [0.1, 0.15) is 0 Å². The van der Waals surface area contributed by atoms with Crippen molar-refractivity contribution in [3.63, 3.8) is 0 Å². The van der Waals surface area contributed by atoms with Gasteiger partial charge in [-0.05, 0) is 29.2 Å². The Morgan fingerprint density at radius 3 is 2.79 bits per heavy atom. The molecule has 0 radical (unpaired) electrons. The van der Waals surface area contributed by atoms with E-state index in [0.717, 1.165) is 0 Å². The third kappa shape index (κ3) is 2.02. The highest BCUT2D eigenvalue weighted by Gasteiger charge is 2.25. The van der Waals surface area contributed by atoms with E-state index < -0.39 is 10.7 Å². The molecule has 0 amide bonds. The van der Waals surface area contributed by atoms with Gasteiger partial charge in [0.25, 0.3) is 4.96 Å². The minimum atomic E-state index is -0.564. The summed E-state index contributed by atoms with van der Waals surface area (Å²) < 4.78 is 19.4. The van der Waals surface area contributed by atoms with Crippen LogP contribution in [0.2, 0.25) is 0 Å². The Kier molecular flexibility index (Phi) is 2.64. The zero-order valence-corrected chi connectivity index (χ0v) is 10.1. The van der Waals surface area contributed by atoms with E-state index in [1.807, 2.05) is 0 Å². The summed E-state index contributed by atoms with van der Waals surface area (Å²) in [4.78, 5) is 15.0. The van der Waals surface area contributed by atoms with Crippen LogP contribution in [-0.2, 0) is 0 Å². The van der Waals surface area contributed by atoms with E-state index in [0.29, 0.717) is 4.96 Å². The molecule has 0 bridgehead atoms. The van der Waals surface area contributed by atoms with Crippen LogP contribution in [-0.4, -0.2) is 14.3 Å². The number of hydrogen-bond donors (Lipinski definition) is 0. The molecule has 0 fully saturated rings. The highest BCUT2D eigenvalue weighted by Crippen LogP contribution is 2.33. The van der Waals surface area contributed by atoms with Crippen molar-refractivity contribution in [3.8, 4) is 11.6 Å². The lowest BCUT2D eigenvalue weighted by Crippen LogP contribution is -1.95. The number of aromatic nitrogens is 2. The quantitative estimate of drug-likeness (QED) is 0.545. The van der Waals surface area contributed by atoms with Crippen LogP contribution in [0.3, 0.4) is 0 Å². The molecule has 0 saturated carbocycles. The van der Waals surface area contributed by atoms with Gasteiger partial charge >= 0.3 is 11.7 Å². The molecule has 0 spiro atoms. The van der Waals surface area contributed by atoms with Gasteiger partial charge in [0.05, 0.1) is 0 Å². The van der Waals surface area contributed by atoms with Crippen molar-refractivity contribution in [3.05, 3.63) is 51.8 Å². The van der Waals surface area contributed by atoms with E-state index in [9.17, 15) is 14.5 Å². The van der Waals surface area contributed by atoms with Gasteiger partial charge in [-0.15, -0.1) is 0 Å². The number of halogens is 1. The Labute approximate surface area is 109 Å². The summed E-state index contributed by atoms with van der Waals surface area (Å²) in [6.45, 7) is 0. The molecule has 0 aliphatic carbocycles. The molecular weight excluding hydrogens is 273 g/mol. The first-order valence-electron chi connectivity index (χ1n) is 5.18. The van der Waals surface area contributed by atoms with Gasteiger partial charge in [0, 0.05) is 5.38 Å². The Balaban J connectivity index is 2.04. The standard InChI is InChI=1S/C11H6FN3O3S/c12-7-1-3-8(4-2-7)18-9-10(15(16)17)14-5-6-19-11(14)13-9/h1-6H. The molecule has 0 unspecified atom stereocenters. The fourth-order valence-corrected chi connectivity index (χ4v) is 2.30. The zero-order chi connectivity index (χ0) is 13.4. The van der Waals surface area contributed by atoms with Crippen LogP contribution in [0.4, 0.5) is 10.2 Å². The first-order valence-corrected chi connectivity index (χ1v) is 6.06. The summed E-state index contributed by atoms with van der Waals surface area (Å²) in [5.74, 6) is -0.480. The monoisotopic (exact) mass is 279 g/mol. The molecule has 0 saturated heterocycles. The number of benzene rings is 1. The summed E-state index contributed by atoms with van der Waals surface area (Å²) in [6, 6.07) is 5.18. The third-order valence-electron chi connectivity index (χ3n) is 2.41. The minimum absolute atomic E-state index is 0.108. The normalized spacial score (nSPS) is 10.8. The summed E-state index contributed by atoms with van der Waals surface area (Å²) in [7, 11) is 0. The number of nitro groups is 1. The number of fused-ring (bicyclic) bond motifs is 1.